The van der Waals surface area contributed by atoms with Crippen molar-refractivity contribution in [2.24, 2.45) is 60.6 Å². The summed E-state index contributed by atoms with van der Waals surface area (Å²) >= 11 is 4.07. The maximum absolute atomic E-state index is 12.2. The largest absolute Gasteiger partial charge is 0.475 e. The second-order valence-corrected chi connectivity index (χ2v) is 52.2. The fraction of sp³-hybridized carbons (Fsp3) is 0.796. The van der Waals surface area contributed by atoms with E-state index in [4.69, 9.17) is 24.4 Å². The molecule has 1 saturated heterocycles. The van der Waals surface area contributed by atoms with Crippen LogP contribution >= 0.6 is 34.2 Å². The Morgan fingerprint density at radius 1 is 0.556 bits per heavy atom. The molecule has 2 unspecified atom stereocenters. The molecular formula is C108H201N3O20S4+2. The van der Waals surface area contributed by atoms with Gasteiger partial charge in [-0.25, -0.2) is 10.4 Å². The number of benzene rings is 1. The first-order valence-corrected chi connectivity index (χ1v) is 53.6. The Labute approximate surface area is 837 Å². The number of unbranched alkanes of at least 4 members (excludes halogenated alkanes) is 1. The third-order valence-electron chi connectivity index (χ3n) is 19.8. The second-order valence-electron chi connectivity index (χ2n) is 47.1. The molecule has 0 aliphatic carbocycles. The first-order valence-electron chi connectivity index (χ1n) is 49.1. The van der Waals surface area contributed by atoms with Crippen LogP contribution in [-0.2, 0) is 74.0 Å². The van der Waals surface area contributed by atoms with Crippen LogP contribution in [0.1, 0.15) is 429 Å². The van der Waals surface area contributed by atoms with Gasteiger partial charge in [-0.05, 0) is 170 Å². The number of carbonyl (C=O) groups is 8. The quantitative estimate of drug-likeness (QED) is 0.00671. The molecule has 1 fully saturated rings. The smallest absolute Gasteiger partial charge is 0.465 e. The molecular weight excluding hydrogens is 1790 g/mol. The van der Waals surface area contributed by atoms with Crippen LogP contribution in [0.3, 0.4) is 0 Å². The fourth-order valence-corrected chi connectivity index (χ4v) is 15.9. The van der Waals surface area contributed by atoms with Gasteiger partial charge in [-0.2, -0.15) is 30.7 Å². The number of nitrogens with one attached hydrogen (secondary N) is 1. The number of hydrogen-bond donors (Lipinski definition) is 6. The number of allylic oxidation sites excluding steroid dienone is 8. The third-order valence-corrected chi connectivity index (χ3v) is 24.2. The van der Waals surface area contributed by atoms with Crippen molar-refractivity contribution in [1.82, 2.24) is 5.32 Å². The minimum atomic E-state index is -3.81. The minimum absolute atomic E-state index is 0.0156. The van der Waals surface area contributed by atoms with E-state index in [-0.39, 0.29) is 109 Å². The zero-order chi connectivity index (χ0) is 107. The Morgan fingerprint density at radius 3 is 1.43 bits per heavy atom. The molecule has 0 spiro atoms. The molecule has 4 atom stereocenters. The van der Waals surface area contributed by atoms with Gasteiger partial charge in [0.15, 0.2) is 5.78 Å². The standard InChI is InChI=1S/C17H32O4S.C17H26O.C14H26O2S2.C14H26O.C12H22O.C11H20O.C10H18O.C7H16N2O6.C6H15NO3S/c1-16(2,3)21-12-17(4,5)15(20)14(19)10-6-8-13(18)9-7-11-22;1-12(2)11-14-7-9-15(10-8-14)13(3)16(18)17(4,5)6;1-13(2,3)11-16-12(15)7-5-6-8-14(4)9-10-17-18-14;1-7-8-9-10-14(5,6)12(15)11-13(2,3)4;1-6-7-8-9-12(4,5)11(13)10(2)3;1-5-6-7-8-10(12)9-11(2,3)4;1-5-6-7-8-9(11)10(2,3)4;1-7(2,3)4-6(15-9(12)13)5-14-8(10)11;1-6(2,3)7-4-5-11(8,9)10/h15,20,22H,6-12H2,1-5H3;7-10,12-13H,11H2,1-6H3;5-11H2,1-4H3;8-9H,7,10-11H2,1-6H3;7-8,10H,6,9H2,1-5H3;6-7H,5,8-9H2,1-4H3;6-7H,5,8H2,1-4H3;6H,4-5H2,1-3H3,(H,10,11)(H,12,13);7H,4-5H2,1-3H3,(H,8,9,10)/q;;;;;;;+2;/b;;;9-8-;8-7-;2*7-6-;;/t15-;;14-;;;;;;/m0.1....../s1. The number of nitrogens with zero attached hydrogens (tertiary/aromatic N) is 2. The van der Waals surface area contributed by atoms with Gasteiger partial charge in [0.2, 0.25) is 12.7 Å². The normalized spacial score (nSPS) is 14.7. The Balaban J connectivity index is -0.000000275. The van der Waals surface area contributed by atoms with Crippen LogP contribution in [0, 0.1) is 70.4 Å². The summed E-state index contributed by atoms with van der Waals surface area (Å²) in [6.45, 7) is 81.5. The van der Waals surface area contributed by atoms with Crippen molar-refractivity contribution in [2.75, 3.05) is 43.6 Å². The molecule has 0 bridgehead atoms. The molecule has 5 N–H and O–H groups in total. The van der Waals surface area contributed by atoms with E-state index in [9.17, 15) is 61.7 Å². The summed E-state index contributed by atoms with van der Waals surface area (Å²) in [5.74, 6) is 4.12. The third kappa shape index (κ3) is 93.3. The minimum Gasteiger partial charge on any atom is -0.465 e. The lowest BCUT2D eigenvalue weighted by Gasteiger charge is -2.32. The summed E-state index contributed by atoms with van der Waals surface area (Å²) in [5, 5.41) is 28.2. The molecule has 0 aromatic heterocycles. The molecule has 2 rings (SSSR count). The van der Waals surface area contributed by atoms with Gasteiger partial charge in [-0.3, -0.25) is 42.9 Å². The van der Waals surface area contributed by atoms with E-state index >= 15 is 0 Å². The number of carbonyl (C=O) groups excluding carboxylic acids is 8. The molecule has 1 aromatic carbocycles. The first kappa shape index (κ1) is 143. The van der Waals surface area contributed by atoms with E-state index in [0.717, 1.165) is 69.8 Å². The molecule has 23 nitrogen and oxygen atoms in total. The highest BCUT2D eigenvalue weighted by molar-refractivity contribution is 8.77. The molecule has 27 heteroatoms. The lowest BCUT2D eigenvalue weighted by molar-refractivity contribution is -0.995. The van der Waals surface area contributed by atoms with Crippen molar-refractivity contribution in [3.63, 3.8) is 0 Å². The van der Waals surface area contributed by atoms with Crippen LogP contribution in [0.4, 0.5) is 0 Å². The number of ketones is 7. The summed E-state index contributed by atoms with van der Waals surface area (Å²) in [6.07, 6.45) is 32.0. The van der Waals surface area contributed by atoms with Gasteiger partial charge >= 0.3 is 16.1 Å². The van der Waals surface area contributed by atoms with Crippen LogP contribution in [0.15, 0.2) is 72.9 Å². The molecule has 1 aliphatic rings. The van der Waals surface area contributed by atoms with Gasteiger partial charge in [0.05, 0.1) is 24.6 Å². The Kier molecular flexibility index (Phi) is 75.1. The fourth-order valence-electron chi connectivity index (χ4n) is 12.1. The number of esters is 1. The van der Waals surface area contributed by atoms with E-state index < -0.39 is 37.9 Å². The van der Waals surface area contributed by atoms with E-state index in [1.54, 1.807) is 0 Å². The monoisotopic (exact) mass is 1990 g/mol. The number of Topliss-reactive ketones (excluding diaryl/α,β-unsaturated/α-hetero) is 7. The summed E-state index contributed by atoms with van der Waals surface area (Å²) in [7, 11) is 0.190. The maximum Gasteiger partial charge on any atom is 0.475 e. The number of aliphatic hydroxyl groups is 1. The molecule has 0 saturated carbocycles. The molecule has 0 radical (unpaired) electrons. The number of ether oxygens (including phenoxy) is 2. The number of hydrogen-bond acceptors (Lipinski definition) is 21. The van der Waals surface area contributed by atoms with Gasteiger partial charge in [-0.1, -0.05) is 329 Å². The SMILES string of the molecule is CC(C)(C)CC(CO[N+](=O)O)O[N+](=O)O.CC(C)(C)COC(=O)CCCC[C@]1(C)CCSS1.CC(C)(C)NCCS(=O)(=O)O.CC(C)(C)OCC(C)(C)[C@@H](O)C(=O)CCCC(=O)CCCS.CC(C)Cc1ccc(C(C)C(=O)C(C)(C)C)cc1.CC/C=C\CC(=O)C(C)(C)C.CC/C=C\CC(=O)CC(C)(C)C.CC/C=C\CC(C)(C)C(=O)C(C)C.CC/C=C\CC(C)(C)C(=O)CC(C)(C)C. The number of thiol groups is 1. The highest BCUT2D eigenvalue weighted by atomic mass is 33.1. The van der Waals surface area contributed by atoms with Crippen molar-refractivity contribution in [1.29, 1.82) is 0 Å². The molecule has 1 aliphatic heterocycles. The first-order chi connectivity index (χ1) is 61.0. The zero-order valence-electron chi connectivity index (χ0n) is 92.7. The molecule has 0 amide bonds. The summed E-state index contributed by atoms with van der Waals surface area (Å²) in [6, 6.07) is 8.52. The predicted molar refractivity (Wildman–Crippen MR) is 568 cm³/mol. The van der Waals surface area contributed by atoms with Crippen molar-refractivity contribution >= 4 is 90.8 Å². The summed E-state index contributed by atoms with van der Waals surface area (Å²) in [4.78, 5) is 123. The van der Waals surface area contributed by atoms with Gasteiger partial charge in [-0.15, -0.1) is 0 Å². The number of rotatable bonds is 47. The topological polar surface area (TPSA) is 341 Å². The van der Waals surface area contributed by atoms with Crippen LogP contribution in [0.25, 0.3) is 0 Å². The van der Waals surface area contributed by atoms with Crippen molar-refractivity contribution in [3.8, 4) is 0 Å². The average molecular weight is 1990 g/mol. The Bertz CT molecular complexity index is 3700. The lowest BCUT2D eigenvalue weighted by atomic mass is 9.77. The van der Waals surface area contributed by atoms with Gasteiger partial charge < -0.3 is 19.9 Å². The van der Waals surface area contributed by atoms with Crippen molar-refractivity contribution in [3.05, 3.63) is 93.8 Å². The molecule has 790 valence electrons. The van der Waals surface area contributed by atoms with Gasteiger partial charge in [0, 0.05) is 119 Å². The maximum atomic E-state index is 12.2. The van der Waals surface area contributed by atoms with Crippen molar-refractivity contribution in [2.45, 2.75) is 452 Å². The van der Waals surface area contributed by atoms with E-state index in [0.29, 0.717) is 116 Å². The molecule has 1 aromatic rings. The Morgan fingerprint density at radius 2 is 1.04 bits per heavy atom. The van der Waals surface area contributed by atoms with Crippen LogP contribution in [0.5, 0.6) is 0 Å². The lowest BCUT2D eigenvalue weighted by Crippen LogP contribution is -2.41. The predicted octanol–water partition coefficient (Wildman–Crippen LogP) is 28.0. The zero-order valence-corrected chi connectivity index (χ0v) is 96.1. The highest BCUT2D eigenvalue weighted by Gasteiger charge is 2.37. The van der Waals surface area contributed by atoms with Gasteiger partial charge in [0.25, 0.3) is 10.1 Å². The van der Waals surface area contributed by atoms with Gasteiger partial charge in [0.1, 0.15) is 50.6 Å². The highest BCUT2D eigenvalue weighted by Crippen LogP contribution is 2.49. The molecule has 1 heterocycles. The second kappa shape index (κ2) is 71.1. The van der Waals surface area contributed by atoms with Crippen molar-refractivity contribution < 1.29 is 96.2 Å². The van der Waals surface area contributed by atoms with Crippen LogP contribution < -0.4 is 5.32 Å². The number of aliphatic hydroxyl groups excluding tert-OH is 1. The van der Waals surface area contributed by atoms with E-state index in [1.807, 2.05) is 212 Å². The van der Waals surface area contributed by atoms with Crippen LogP contribution in [-0.4, -0.2) is 157 Å². The van der Waals surface area contributed by atoms with E-state index in [2.05, 4.69) is 187 Å². The van der Waals surface area contributed by atoms with Crippen LogP contribution in [0.2, 0.25) is 0 Å². The summed E-state index contributed by atoms with van der Waals surface area (Å²) < 4.78 is 40.2. The summed E-state index contributed by atoms with van der Waals surface area (Å²) in [5.41, 5.74) is 0.692. The average Bonchev–Trinajstić information content (AvgIpc) is 1.42. The van der Waals surface area contributed by atoms with E-state index in [1.165, 1.54) is 24.2 Å². The molecule has 135 heavy (non-hydrogen) atoms. The Hall–Kier alpha value is -5.42.